The number of benzene rings is 1. The van der Waals surface area contributed by atoms with Crippen LogP contribution in [0.25, 0.3) is 0 Å². The Morgan fingerprint density at radius 3 is 2.87 bits per heavy atom. The van der Waals surface area contributed by atoms with Crippen molar-refractivity contribution in [2.75, 3.05) is 6.61 Å². The Hall–Kier alpha value is -0.730. The molecule has 1 aromatic carbocycles. The SMILES string of the molecule is CC(=O)OCC(Cl)Cc1cccc(Cl)c1. The van der Waals surface area contributed by atoms with Gasteiger partial charge < -0.3 is 4.74 Å². The van der Waals surface area contributed by atoms with E-state index in [1.54, 1.807) is 6.07 Å². The second kappa shape index (κ2) is 5.99. The minimum Gasteiger partial charge on any atom is -0.464 e. The minimum atomic E-state index is -0.313. The molecule has 1 aromatic rings. The molecule has 1 rings (SSSR count). The summed E-state index contributed by atoms with van der Waals surface area (Å²) in [6.45, 7) is 1.59. The number of carbonyl (C=O) groups excluding carboxylic acids is 1. The van der Waals surface area contributed by atoms with E-state index >= 15 is 0 Å². The van der Waals surface area contributed by atoms with Gasteiger partial charge in [-0.1, -0.05) is 23.7 Å². The molecule has 0 saturated heterocycles. The number of halogens is 2. The molecule has 4 heteroatoms. The average Bonchev–Trinajstić information content (AvgIpc) is 2.15. The van der Waals surface area contributed by atoms with Crippen LogP contribution in [-0.2, 0) is 16.0 Å². The molecule has 2 nitrogen and oxygen atoms in total. The van der Waals surface area contributed by atoms with Gasteiger partial charge in [0.05, 0.1) is 5.38 Å². The highest BCUT2D eigenvalue weighted by Gasteiger charge is 2.08. The van der Waals surface area contributed by atoms with Crippen LogP contribution >= 0.6 is 23.2 Å². The number of hydrogen-bond donors (Lipinski definition) is 0. The Kier molecular flexibility index (Phi) is 4.92. The van der Waals surface area contributed by atoms with E-state index in [0.29, 0.717) is 11.4 Å². The van der Waals surface area contributed by atoms with Crippen LogP contribution in [0.15, 0.2) is 24.3 Å². The van der Waals surface area contributed by atoms with Gasteiger partial charge in [-0.25, -0.2) is 0 Å². The zero-order chi connectivity index (χ0) is 11.3. The number of alkyl halides is 1. The molecule has 0 N–H and O–H groups in total. The molecule has 0 aliphatic heterocycles. The third-order valence-electron chi connectivity index (χ3n) is 1.81. The van der Waals surface area contributed by atoms with Crippen molar-refractivity contribution in [3.05, 3.63) is 34.9 Å². The van der Waals surface area contributed by atoms with Crippen molar-refractivity contribution in [2.24, 2.45) is 0 Å². The monoisotopic (exact) mass is 246 g/mol. The summed E-state index contributed by atoms with van der Waals surface area (Å²) in [5.41, 5.74) is 1.04. The fourth-order valence-corrected chi connectivity index (χ4v) is 1.64. The number of carbonyl (C=O) groups is 1. The minimum absolute atomic E-state index is 0.215. The summed E-state index contributed by atoms with van der Waals surface area (Å²) in [5, 5.41) is 0.469. The van der Waals surface area contributed by atoms with Gasteiger partial charge in [0, 0.05) is 11.9 Å². The maximum absolute atomic E-state index is 10.6. The zero-order valence-corrected chi connectivity index (χ0v) is 9.89. The van der Waals surface area contributed by atoms with Crippen LogP contribution in [0.5, 0.6) is 0 Å². The number of ether oxygens (including phenoxy) is 1. The zero-order valence-electron chi connectivity index (χ0n) is 8.37. The van der Waals surface area contributed by atoms with E-state index in [9.17, 15) is 4.79 Å². The molecule has 1 unspecified atom stereocenters. The van der Waals surface area contributed by atoms with Crippen molar-refractivity contribution in [2.45, 2.75) is 18.7 Å². The van der Waals surface area contributed by atoms with Crippen molar-refractivity contribution in [3.63, 3.8) is 0 Å². The predicted molar refractivity (Wildman–Crippen MR) is 61.4 cm³/mol. The lowest BCUT2D eigenvalue weighted by molar-refractivity contribution is -0.140. The molecule has 0 aromatic heterocycles. The molecule has 0 aliphatic carbocycles. The number of rotatable bonds is 4. The van der Waals surface area contributed by atoms with Crippen LogP contribution in [0.1, 0.15) is 12.5 Å². The predicted octanol–water partition coefficient (Wildman–Crippen LogP) is 3.05. The van der Waals surface area contributed by atoms with Crippen LogP contribution in [0.2, 0.25) is 5.02 Å². The van der Waals surface area contributed by atoms with Crippen molar-refractivity contribution >= 4 is 29.2 Å². The lowest BCUT2D eigenvalue weighted by Gasteiger charge is -2.09. The Balaban J connectivity index is 2.44. The van der Waals surface area contributed by atoms with Gasteiger partial charge in [0.2, 0.25) is 0 Å². The van der Waals surface area contributed by atoms with Crippen LogP contribution in [0.4, 0.5) is 0 Å². The maximum Gasteiger partial charge on any atom is 0.302 e. The third-order valence-corrected chi connectivity index (χ3v) is 2.33. The first-order valence-electron chi connectivity index (χ1n) is 4.60. The molecule has 0 bridgehead atoms. The molecule has 15 heavy (non-hydrogen) atoms. The van der Waals surface area contributed by atoms with Gasteiger partial charge in [-0.15, -0.1) is 11.6 Å². The van der Waals surface area contributed by atoms with Crippen molar-refractivity contribution < 1.29 is 9.53 Å². The fraction of sp³-hybridized carbons (Fsp3) is 0.364. The number of hydrogen-bond acceptors (Lipinski definition) is 2. The van der Waals surface area contributed by atoms with Crippen LogP contribution in [0, 0.1) is 0 Å². The first kappa shape index (κ1) is 12.3. The Morgan fingerprint density at radius 2 is 2.27 bits per heavy atom. The first-order chi connectivity index (χ1) is 7.08. The van der Waals surface area contributed by atoms with Crippen LogP contribution in [-0.4, -0.2) is 18.0 Å². The fourth-order valence-electron chi connectivity index (χ4n) is 1.19. The molecule has 0 fully saturated rings. The van der Waals surface area contributed by atoms with Crippen molar-refractivity contribution in [3.8, 4) is 0 Å². The van der Waals surface area contributed by atoms with Gasteiger partial charge in [-0.2, -0.15) is 0 Å². The van der Waals surface area contributed by atoms with E-state index in [1.165, 1.54) is 6.92 Å². The quantitative estimate of drug-likeness (QED) is 0.603. The smallest absolute Gasteiger partial charge is 0.302 e. The second-order valence-corrected chi connectivity index (χ2v) is 4.29. The number of esters is 1. The molecule has 0 saturated carbocycles. The van der Waals surface area contributed by atoms with E-state index < -0.39 is 0 Å². The van der Waals surface area contributed by atoms with E-state index in [-0.39, 0.29) is 18.0 Å². The largest absolute Gasteiger partial charge is 0.464 e. The Morgan fingerprint density at radius 1 is 1.53 bits per heavy atom. The second-order valence-electron chi connectivity index (χ2n) is 3.23. The first-order valence-corrected chi connectivity index (χ1v) is 5.41. The van der Waals surface area contributed by atoms with Gasteiger partial charge in [0.15, 0.2) is 0 Å². The summed E-state index contributed by atoms with van der Waals surface area (Å²) in [6.07, 6.45) is 0.634. The van der Waals surface area contributed by atoms with E-state index in [4.69, 9.17) is 27.9 Å². The summed E-state index contributed by atoms with van der Waals surface area (Å²) in [5.74, 6) is -0.313. The Bertz CT molecular complexity index is 339. The summed E-state index contributed by atoms with van der Waals surface area (Å²) in [7, 11) is 0. The van der Waals surface area contributed by atoms with Crippen molar-refractivity contribution in [1.29, 1.82) is 0 Å². The molecule has 1 atom stereocenters. The molecular weight excluding hydrogens is 235 g/mol. The van der Waals surface area contributed by atoms with E-state index in [0.717, 1.165) is 5.56 Å². The molecule has 0 heterocycles. The van der Waals surface area contributed by atoms with Gasteiger partial charge in [-0.3, -0.25) is 4.79 Å². The van der Waals surface area contributed by atoms with Crippen LogP contribution < -0.4 is 0 Å². The van der Waals surface area contributed by atoms with Gasteiger partial charge >= 0.3 is 5.97 Å². The molecule has 0 spiro atoms. The molecule has 0 radical (unpaired) electrons. The molecular formula is C11H12Cl2O2. The lowest BCUT2D eigenvalue weighted by Crippen LogP contribution is -2.14. The molecule has 0 amide bonds. The Labute approximate surface area is 99.1 Å². The normalized spacial score (nSPS) is 12.2. The van der Waals surface area contributed by atoms with E-state index in [2.05, 4.69) is 0 Å². The molecule has 82 valence electrons. The third kappa shape index (κ3) is 5.05. The topological polar surface area (TPSA) is 26.3 Å². The molecule has 0 aliphatic rings. The highest BCUT2D eigenvalue weighted by atomic mass is 35.5. The van der Waals surface area contributed by atoms with Gasteiger partial charge in [0.1, 0.15) is 6.61 Å². The highest BCUT2D eigenvalue weighted by molar-refractivity contribution is 6.30. The van der Waals surface area contributed by atoms with E-state index in [1.807, 2.05) is 18.2 Å². The highest BCUT2D eigenvalue weighted by Crippen LogP contribution is 2.14. The standard InChI is InChI=1S/C11H12Cl2O2/c1-8(14)15-7-11(13)6-9-3-2-4-10(12)5-9/h2-5,11H,6-7H2,1H3. The average molecular weight is 247 g/mol. The van der Waals surface area contributed by atoms with Gasteiger partial charge in [-0.05, 0) is 24.1 Å². The van der Waals surface area contributed by atoms with Gasteiger partial charge in [0.25, 0.3) is 0 Å². The maximum atomic E-state index is 10.6. The summed E-state index contributed by atoms with van der Waals surface area (Å²) in [6, 6.07) is 7.47. The summed E-state index contributed by atoms with van der Waals surface area (Å²) >= 11 is 11.8. The van der Waals surface area contributed by atoms with Crippen molar-refractivity contribution in [1.82, 2.24) is 0 Å². The van der Waals surface area contributed by atoms with Crippen LogP contribution in [0.3, 0.4) is 0 Å². The summed E-state index contributed by atoms with van der Waals surface area (Å²) < 4.78 is 4.80. The summed E-state index contributed by atoms with van der Waals surface area (Å²) in [4.78, 5) is 10.6. The lowest BCUT2D eigenvalue weighted by atomic mass is 10.1.